The second-order valence-electron chi connectivity index (χ2n) is 5.57. The van der Waals surface area contributed by atoms with Gasteiger partial charge < -0.3 is 9.64 Å². The molecule has 1 heterocycles. The van der Waals surface area contributed by atoms with E-state index in [-0.39, 0.29) is 15.5 Å². The fourth-order valence-electron chi connectivity index (χ4n) is 2.42. The molecule has 2 aromatic rings. The van der Waals surface area contributed by atoms with Crippen LogP contribution in [0, 0.1) is 0 Å². The van der Waals surface area contributed by atoms with Crippen molar-refractivity contribution in [2.24, 2.45) is 5.14 Å². The van der Waals surface area contributed by atoms with Crippen molar-refractivity contribution in [1.82, 2.24) is 0 Å². The molecule has 0 saturated heterocycles. The summed E-state index contributed by atoms with van der Waals surface area (Å²) in [6.45, 7) is 1.21. The molecule has 0 spiro atoms. The predicted molar refractivity (Wildman–Crippen MR) is 93.8 cm³/mol. The molecule has 0 aliphatic carbocycles. The van der Waals surface area contributed by atoms with Crippen LogP contribution < -0.4 is 19.5 Å². The number of sulfonamides is 2. The maximum atomic E-state index is 12.6. The molecule has 10 heteroatoms. The van der Waals surface area contributed by atoms with Crippen LogP contribution in [-0.4, -0.2) is 37.0 Å². The largest absolute Gasteiger partial charge is 0.490 e. The van der Waals surface area contributed by atoms with Gasteiger partial charge in [0.25, 0.3) is 10.0 Å². The fraction of sp³-hybridized carbons (Fsp3) is 0.200. The minimum atomic E-state index is -3.83. The van der Waals surface area contributed by atoms with E-state index in [9.17, 15) is 16.8 Å². The molecule has 25 heavy (non-hydrogen) atoms. The third-order valence-corrected chi connectivity index (χ3v) is 6.08. The van der Waals surface area contributed by atoms with Gasteiger partial charge in [0.15, 0.2) is 0 Å². The molecule has 0 amide bonds. The zero-order valence-electron chi connectivity index (χ0n) is 13.3. The zero-order valence-corrected chi connectivity index (χ0v) is 15.0. The predicted octanol–water partition coefficient (Wildman–Crippen LogP) is 0.963. The number of rotatable bonds is 4. The van der Waals surface area contributed by atoms with Crippen molar-refractivity contribution in [3.8, 4) is 5.75 Å². The zero-order chi connectivity index (χ0) is 18.2. The maximum absolute atomic E-state index is 12.6. The van der Waals surface area contributed by atoms with Crippen LogP contribution in [0.1, 0.15) is 0 Å². The van der Waals surface area contributed by atoms with Gasteiger partial charge in [-0.2, -0.15) is 0 Å². The first-order chi connectivity index (χ1) is 11.7. The number of likely N-dealkylation sites (N-methyl/N-ethyl adjacent to an activating group) is 1. The summed E-state index contributed by atoms with van der Waals surface area (Å²) in [7, 11) is -5.80. The third-order valence-electron chi connectivity index (χ3n) is 3.77. The minimum absolute atomic E-state index is 0.0825. The monoisotopic (exact) mass is 383 g/mol. The second kappa shape index (κ2) is 6.21. The first-order valence-corrected chi connectivity index (χ1v) is 10.3. The SMILES string of the molecule is CN1CCOc2ccc(S(=O)(=O)Nc3ccc(S(N)(=O)=O)cc3)cc21. The Morgan fingerprint density at radius 3 is 2.32 bits per heavy atom. The van der Waals surface area contributed by atoms with Gasteiger partial charge in [-0.3, -0.25) is 4.72 Å². The summed E-state index contributed by atoms with van der Waals surface area (Å²) in [6, 6.07) is 9.76. The van der Waals surface area contributed by atoms with E-state index in [1.54, 1.807) is 6.07 Å². The van der Waals surface area contributed by atoms with Crippen molar-refractivity contribution < 1.29 is 21.6 Å². The van der Waals surface area contributed by atoms with Crippen molar-refractivity contribution >= 4 is 31.4 Å². The molecule has 3 rings (SSSR count). The van der Waals surface area contributed by atoms with Crippen molar-refractivity contribution in [3.05, 3.63) is 42.5 Å². The Morgan fingerprint density at radius 1 is 1.04 bits per heavy atom. The highest BCUT2D eigenvalue weighted by atomic mass is 32.2. The number of nitrogens with one attached hydrogen (secondary N) is 1. The van der Waals surface area contributed by atoms with E-state index in [4.69, 9.17) is 9.88 Å². The van der Waals surface area contributed by atoms with Gasteiger partial charge in [0, 0.05) is 12.7 Å². The van der Waals surface area contributed by atoms with Crippen molar-refractivity contribution in [3.63, 3.8) is 0 Å². The van der Waals surface area contributed by atoms with E-state index in [1.807, 2.05) is 11.9 Å². The minimum Gasteiger partial charge on any atom is -0.490 e. The first kappa shape index (κ1) is 17.5. The van der Waals surface area contributed by atoms with E-state index >= 15 is 0 Å². The van der Waals surface area contributed by atoms with E-state index in [2.05, 4.69) is 4.72 Å². The van der Waals surface area contributed by atoms with Crippen LogP contribution in [0.25, 0.3) is 0 Å². The lowest BCUT2D eigenvalue weighted by molar-refractivity contribution is 0.311. The maximum Gasteiger partial charge on any atom is 0.261 e. The Balaban J connectivity index is 1.88. The van der Waals surface area contributed by atoms with Gasteiger partial charge in [-0.05, 0) is 42.5 Å². The lowest BCUT2D eigenvalue weighted by atomic mass is 10.2. The van der Waals surface area contributed by atoms with Crippen molar-refractivity contribution in [2.45, 2.75) is 9.79 Å². The van der Waals surface area contributed by atoms with Crippen LogP contribution in [0.3, 0.4) is 0 Å². The van der Waals surface area contributed by atoms with Crippen LogP contribution in [-0.2, 0) is 20.0 Å². The summed E-state index contributed by atoms with van der Waals surface area (Å²) in [6.07, 6.45) is 0. The standard InChI is InChI=1S/C15H17N3O5S2/c1-18-8-9-23-15-7-6-13(10-14(15)18)25(21,22)17-11-2-4-12(5-3-11)24(16,19)20/h2-7,10,17H,8-9H2,1H3,(H2,16,19,20). The van der Waals surface area contributed by atoms with Crippen LogP contribution >= 0.6 is 0 Å². The molecule has 1 aliphatic heterocycles. The summed E-state index contributed by atoms with van der Waals surface area (Å²) in [4.78, 5) is 1.90. The molecule has 0 bridgehead atoms. The number of ether oxygens (including phenoxy) is 1. The van der Waals surface area contributed by atoms with Gasteiger partial charge in [0.1, 0.15) is 12.4 Å². The highest BCUT2D eigenvalue weighted by molar-refractivity contribution is 7.92. The lowest BCUT2D eigenvalue weighted by Crippen LogP contribution is -2.29. The van der Waals surface area contributed by atoms with E-state index in [0.29, 0.717) is 24.6 Å². The van der Waals surface area contributed by atoms with Gasteiger partial charge in [-0.25, -0.2) is 22.0 Å². The normalized spacial score (nSPS) is 14.6. The molecule has 8 nitrogen and oxygen atoms in total. The Labute approximate surface area is 146 Å². The van der Waals surface area contributed by atoms with E-state index in [1.165, 1.54) is 36.4 Å². The second-order valence-corrected chi connectivity index (χ2v) is 8.82. The molecule has 134 valence electrons. The molecule has 2 aromatic carbocycles. The van der Waals surface area contributed by atoms with Gasteiger partial charge >= 0.3 is 0 Å². The van der Waals surface area contributed by atoms with Gasteiger partial charge in [0.05, 0.1) is 22.0 Å². The number of anilines is 2. The molecule has 0 saturated carbocycles. The first-order valence-electron chi connectivity index (χ1n) is 7.30. The molecule has 0 fully saturated rings. The van der Waals surface area contributed by atoms with E-state index < -0.39 is 20.0 Å². The van der Waals surface area contributed by atoms with E-state index in [0.717, 1.165) is 0 Å². The van der Waals surface area contributed by atoms with Crippen LogP contribution in [0.4, 0.5) is 11.4 Å². The number of benzene rings is 2. The number of nitrogens with zero attached hydrogens (tertiary/aromatic N) is 1. The average Bonchev–Trinajstić information content (AvgIpc) is 2.54. The molecular weight excluding hydrogens is 366 g/mol. The molecule has 3 N–H and O–H groups in total. The Morgan fingerprint density at radius 2 is 1.68 bits per heavy atom. The van der Waals surface area contributed by atoms with Crippen molar-refractivity contribution in [2.75, 3.05) is 29.8 Å². The topological polar surface area (TPSA) is 119 Å². The molecule has 0 unspecified atom stereocenters. The molecule has 0 radical (unpaired) electrons. The summed E-state index contributed by atoms with van der Waals surface area (Å²) < 4.78 is 55.5. The molecule has 1 aliphatic rings. The number of fused-ring (bicyclic) bond motifs is 1. The number of hydrogen-bond acceptors (Lipinski definition) is 6. The van der Waals surface area contributed by atoms with Crippen LogP contribution in [0.15, 0.2) is 52.3 Å². The van der Waals surface area contributed by atoms with Crippen LogP contribution in [0.2, 0.25) is 0 Å². The highest BCUT2D eigenvalue weighted by Crippen LogP contribution is 2.33. The number of primary sulfonamides is 1. The third kappa shape index (κ3) is 3.70. The Bertz CT molecular complexity index is 1000. The summed E-state index contributed by atoms with van der Waals surface area (Å²) in [5, 5.41) is 5.02. The summed E-state index contributed by atoms with van der Waals surface area (Å²) >= 11 is 0. The Kier molecular flexibility index (Phi) is 4.35. The fourth-order valence-corrected chi connectivity index (χ4v) is 4.02. The average molecular weight is 383 g/mol. The summed E-state index contributed by atoms with van der Waals surface area (Å²) in [5.74, 6) is 0.630. The van der Waals surface area contributed by atoms with Crippen molar-refractivity contribution in [1.29, 1.82) is 0 Å². The number of nitrogens with two attached hydrogens (primary N) is 1. The van der Waals surface area contributed by atoms with Crippen LogP contribution in [0.5, 0.6) is 5.75 Å². The highest BCUT2D eigenvalue weighted by Gasteiger charge is 2.21. The van der Waals surface area contributed by atoms with Gasteiger partial charge in [-0.1, -0.05) is 0 Å². The smallest absolute Gasteiger partial charge is 0.261 e. The number of hydrogen-bond donors (Lipinski definition) is 2. The van der Waals surface area contributed by atoms with Gasteiger partial charge in [-0.15, -0.1) is 0 Å². The summed E-state index contributed by atoms with van der Waals surface area (Å²) in [5.41, 5.74) is 0.924. The van der Waals surface area contributed by atoms with Gasteiger partial charge in [0.2, 0.25) is 10.0 Å². The molecule has 0 atom stereocenters. The molecular formula is C15H17N3O5S2. The molecule has 0 aromatic heterocycles. The Hall–Kier alpha value is -2.30. The lowest BCUT2D eigenvalue weighted by Gasteiger charge is -2.28. The quantitative estimate of drug-likeness (QED) is 0.812.